The van der Waals surface area contributed by atoms with Crippen LogP contribution in [0, 0.1) is 6.26 Å². The molecule has 0 unspecified atom stereocenters. The van der Waals surface area contributed by atoms with Crippen molar-refractivity contribution in [1.29, 1.82) is 0 Å². The van der Waals surface area contributed by atoms with Gasteiger partial charge in [-0.15, -0.1) is 0 Å². The Kier molecular flexibility index (Phi) is 0.538. The highest BCUT2D eigenvalue weighted by Gasteiger charge is 1.58. The molecule has 3 heteroatoms. The molecule has 0 aliphatic rings. The predicted molar refractivity (Wildman–Crippen MR) is 18.2 cm³/mol. The Morgan fingerprint density at radius 3 is 3.00 bits per heavy atom. The number of H-pyrrole nitrogens is 1. The normalized spacial score (nSPS) is 8.67. The molecule has 0 amide bonds. The van der Waals surface area contributed by atoms with Gasteiger partial charge in [-0.25, -0.2) is 0 Å². The number of hydrogen-bond donors (Lipinski definition) is 1. The highest BCUT2D eigenvalue weighted by Crippen LogP contribution is 1.60. The molecule has 1 aromatic heterocycles. The van der Waals surface area contributed by atoms with Crippen molar-refractivity contribution in [2.75, 3.05) is 0 Å². The summed E-state index contributed by atoms with van der Waals surface area (Å²) in [6.07, 6.45) is 3.49. The Hall–Kier alpha value is -0.990. The third kappa shape index (κ3) is 0.337. The topological polar surface area (TPSA) is 46.0 Å². The van der Waals surface area contributed by atoms with Gasteiger partial charge in [-0.1, -0.05) is 12.5 Å². The summed E-state index contributed by atoms with van der Waals surface area (Å²) in [5, 5.41) is 0. The van der Waals surface area contributed by atoms with Crippen LogP contribution >= 0.6 is 0 Å². The van der Waals surface area contributed by atoms with Gasteiger partial charge < -0.3 is 14.2 Å². The van der Waals surface area contributed by atoms with Gasteiger partial charge in [-0.2, -0.15) is 0 Å². The van der Waals surface area contributed by atoms with Gasteiger partial charge in [-0.3, -0.25) is 0 Å². The van der Waals surface area contributed by atoms with Crippen LogP contribution in [-0.4, -0.2) is 4.98 Å². The summed E-state index contributed by atoms with van der Waals surface area (Å²) in [4.78, 5) is 12.0. The monoisotopic (exact) mass is 84.0 g/mol. The molecule has 1 heterocycles. The maximum atomic E-state index is 9.82. The maximum absolute atomic E-state index is 9.82. The minimum Gasteiger partial charge on any atom is -0.601 e. The first-order valence-corrected chi connectivity index (χ1v) is 1.44. The molecule has 0 saturated carbocycles. The average molecular weight is 84.1 g/mol. The molecule has 0 aliphatic heterocycles. The van der Waals surface area contributed by atoms with E-state index in [0.29, 0.717) is 0 Å². The van der Waals surface area contributed by atoms with E-state index in [1.165, 1.54) is 6.20 Å². The van der Waals surface area contributed by atoms with Crippen LogP contribution in [0.15, 0.2) is 15.4 Å². The van der Waals surface area contributed by atoms with Gasteiger partial charge in [0.15, 0.2) is 0 Å². The van der Waals surface area contributed by atoms with E-state index in [1.54, 1.807) is 0 Å². The summed E-state index contributed by atoms with van der Waals surface area (Å²) in [5.74, 6) is -0.463. The third-order valence-electron chi connectivity index (χ3n) is 0.401. The highest BCUT2D eigenvalue weighted by atomic mass is 16.4. The SMILES string of the molecule is O=c1[nH]c[c-]o1. The van der Waals surface area contributed by atoms with E-state index in [9.17, 15) is 4.79 Å². The van der Waals surface area contributed by atoms with Crippen molar-refractivity contribution in [2.45, 2.75) is 0 Å². The van der Waals surface area contributed by atoms with Gasteiger partial charge in [0.1, 0.15) is 0 Å². The first-order chi connectivity index (χ1) is 2.89. The Balaban J connectivity index is 3.41. The molecule has 32 valence electrons. The number of nitrogens with one attached hydrogen (secondary N) is 1. The lowest BCUT2D eigenvalue weighted by Gasteiger charge is -1.67. The molecule has 0 fully saturated rings. The van der Waals surface area contributed by atoms with E-state index in [2.05, 4.69) is 15.7 Å². The van der Waals surface area contributed by atoms with E-state index in [4.69, 9.17) is 0 Å². The van der Waals surface area contributed by atoms with E-state index in [0.717, 1.165) is 0 Å². The van der Waals surface area contributed by atoms with Crippen LogP contribution in [0.1, 0.15) is 0 Å². The second-order valence-corrected chi connectivity index (χ2v) is 0.796. The lowest BCUT2D eigenvalue weighted by molar-refractivity contribution is 0.507. The van der Waals surface area contributed by atoms with Crippen LogP contribution in [0.4, 0.5) is 0 Å². The first-order valence-electron chi connectivity index (χ1n) is 1.44. The summed E-state index contributed by atoms with van der Waals surface area (Å²) in [7, 11) is 0. The van der Waals surface area contributed by atoms with Crippen molar-refractivity contribution >= 4 is 0 Å². The van der Waals surface area contributed by atoms with E-state index in [1.807, 2.05) is 0 Å². The molecule has 0 aliphatic carbocycles. The van der Waals surface area contributed by atoms with Crippen molar-refractivity contribution < 1.29 is 4.42 Å². The molecule has 0 atom stereocenters. The van der Waals surface area contributed by atoms with Crippen LogP contribution in [0.2, 0.25) is 0 Å². The second-order valence-electron chi connectivity index (χ2n) is 0.796. The number of aromatic amines is 1. The fourth-order valence-corrected chi connectivity index (χ4v) is 0.201. The molecule has 0 spiro atoms. The molecule has 1 aromatic rings. The summed E-state index contributed by atoms with van der Waals surface area (Å²) >= 11 is 0. The van der Waals surface area contributed by atoms with Gasteiger partial charge in [-0.05, 0) is 0 Å². The summed E-state index contributed by atoms with van der Waals surface area (Å²) < 4.78 is 4.10. The Labute approximate surface area is 33.6 Å². The predicted octanol–water partition coefficient (Wildman–Crippen LogP) is -0.232. The smallest absolute Gasteiger partial charge is 0.249 e. The Morgan fingerprint density at radius 1 is 2.00 bits per heavy atom. The molecule has 1 rings (SSSR count). The van der Waals surface area contributed by atoms with Crippen LogP contribution in [-0.2, 0) is 0 Å². The van der Waals surface area contributed by atoms with Crippen LogP contribution in [0.5, 0.6) is 0 Å². The number of oxazole rings is 1. The lowest BCUT2D eigenvalue weighted by atomic mass is 11.0. The van der Waals surface area contributed by atoms with Gasteiger partial charge in [0.2, 0.25) is 5.76 Å². The third-order valence-corrected chi connectivity index (χ3v) is 0.401. The summed E-state index contributed by atoms with van der Waals surface area (Å²) in [5.41, 5.74) is 0. The molecular weight excluding hydrogens is 82.0 g/mol. The fourth-order valence-electron chi connectivity index (χ4n) is 0.201. The Morgan fingerprint density at radius 2 is 2.83 bits per heavy atom. The number of hydrogen-bond acceptors (Lipinski definition) is 2. The van der Waals surface area contributed by atoms with Gasteiger partial charge in [0.25, 0.3) is 0 Å². The molecule has 0 bridgehead atoms. The average Bonchev–Trinajstić information content (AvgIpc) is 1.86. The highest BCUT2D eigenvalue weighted by molar-refractivity contribution is 4.56. The van der Waals surface area contributed by atoms with Gasteiger partial charge >= 0.3 is 0 Å². The minimum absolute atomic E-state index is 0.463. The van der Waals surface area contributed by atoms with E-state index >= 15 is 0 Å². The quantitative estimate of drug-likeness (QED) is 0.441. The molecule has 1 N–H and O–H groups in total. The fraction of sp³-hybridized carbons (Fsp3) is 0. The zero-order valence-electron chi connectivity index (χ0n) is 2.89. The number of rotatable bonds is 0. The van der Waals surface area contributed by atoms with Crippen molar-refractivity contribution in [2.24, 2.45) is 0 Å². The molecule has 3 nitrogen and oxygen atoms in total. The zero-order valence-corrected chi connectivity index (χ0v) is 2.89. The van der Waals surface area contributed by atoms with Gasteiger partial charge in [0.05, 0.1) is 0 Å². The van der Waals surface area contributed by atoms with E-state index < -0.39 is 5.76 Å². The number of aromatic nitrogens is 1. The Bertz CT molecular complexity index is 147. The van der Waals surface area contributed by atoms with Crippen molar-refractivity contribution in [3.8, 4) is 0 Å². The van der Waals surface area contributed by atoms with Crippen LogP contribution in [0.3, 0.4) is 0 Å². The van der Waals surface area contributed by atoms with Crippen LogP contribution in [0.25, 0.3) is 0 Å². The maximum Gasteiger partial charge on any atom is 0.249 e. The van der Waals surface area contributed by atoms with Crippen LogP contribution < -0.4 is 5.76 Å². The van der Waals surface area contributed by atoms with E-state index in [-0.39, 0.29) is 0 Å². The summed E-state index contributed by atoms with van der Waals surface area (Å²) in [6, 6.07) is 0. The van der Waals surface area contributed by atoms with Crippen molar-refractivity contribution in [3.05, 3.63) is 23.0 Å². The molecule has 0 aromatic carbocycles. The largest absolute Gasteiger partial charge is 0.601 e. The van der Waals surface area contributed by atoms with Crippen molar-refractivity contribution in [3.63, 3.8) is 0 Å². The van der Waals surface area contributed by atoms with Crippen molar-refractivity contribution in [1.82, 2.24) is 4.98 Å². The zero-order chi connectivity index (χ0) is 4.41. The lowest BCUT2D eigenvalue weighted by Crippen LogP contribution is -1.91. The first kappa shape index (κ1) is 3.21. The molecule has 6 heavy (non-hydrogen) atoms. The van der Waals surface area contributed by atoms with Gasteiger partial charge in [0, 0.05) is 0 Å². The molecule has 0 radical (unpaired) electrons. The molecule has 0 saturated heterocycles. The summed E-state index contributed by atoms with van der Waals surface area (Å²) in [6.45, 7) is 0. The standard InChI is InChI=1S/C3H2NO2/c5-3-4-1-2-6-3/h1H,(H,4,5)/q-1. The molecular formula is C3H2NO2-. The second kappa shape index (κ2) is 1.01. The minimum atomic E-state index is -0.463.